The standard InChI is InChI=1S/C11H6ClN7O/c12-6-3-1-2-4-7(6)14-8-10-16-13-5-19(10)11-9(15-8)17-20-18-11/h1-5H,(H,14,15,17). The highest BCUT2D eigenvalue weighted by Crippen LogP contribution is 2.26. The predicted molar refractivity (Wildman–Crippen MR) is 70.9 cm³/mol. The number of nitrogens with zero attached hydrogens (tertiary/aromatic N) is 6. The Bertz CT molecular complexity index is 915. The maximum absolute atomic E-state index is 6.12. The SMILES string of the molecule is Clc1ccccc1Nc1nc2nonc2n2cnnc12. The summed E-state index contributed by atoms with van der Waals surface area (Å²) in [6, 6.07) is 7.33. The Kier molecular flexibility index (Phi) is 2.30. The second-order valence-electron chi connectivity index (χ2n) is 4.00. The molecule has 98 valence electrons. The highest BCUT2D eigenvalue weighted by molar-refractivity contribution is 6.33. The van der Waals surface area contributed by atoms with Crippen molar-refractivity contribution < 1.29 is 4.63 Å². The third-order valence-corrected chi connectivity index (χ3v) is 3.12. The summed E-state index contributed by atoms with van der Waals surface area (Å²) in [7, 11) is 0. The second kappa shape index (κ2) is 4.14. The number of hydrogen-bond donors (Lipinski definition) is 1. The molecule has 3 heterocycles. The molecule has 9 heteroatoms. The molecule has 0 aliphatic heterocycles. The number of hydrogen-bond acceptors (Lipinski definition) is 7. The molecule has 8 nitrogen and oxygen atoms in total. The van der Waals surface area contributed by atoms with Crippen LogP contribution >= 0.6 is 11.6 Å². The normalized spacial score (nSPS) is 11.2. The topological polar surface area (TPSA) is 94.0 Å². The molecule has 0 unspecified atom stereocenters. The van der Waals surface area contributed by atoms with E-state index in [1.807, 2.05) is 18.2 Å². The van der Waals surface area contributed by atoms with Gasteiger partial charge in [-0.05, 0) is 22.4 Å². The molecule has 20 heavy (non-hydrogen) atoms. The summed E-state index contributed by atoms with van der Waals surface area (Å²) in [5.74, 6) is 0.471. The average Bonchev–Trinajstić information content (AvgIpc) is 3.08. The number of rotatable bonds is 2. The molecular weight excluding hydrogens is 282 g/mol. The van der Waals surface area contributed by atoms with Gasteiger partial charge in [-0.1, -0.05) is 23.7 Å². The molecule has 0 saturated heterocycles. The van der Waals surface area contributed by atoms with Crippen LogP contribution in [0.4, 0.5) is 11.5 Å². The lowest BCUT2D eigenvalue weighted by atomic mass is 10.3. The summed E-state index contributed by atoms with van der Waals surface area (Å²) in [5.41, 5.74) is 2.03. The maximum atomic E-state index is 6.12. The first-order chi connectivity index (χ1) is 9.83. The van der Waals surface area contributed by atoms with Gasteiger partial charge in [0.05, 0.1) is 10.7 Å². The van der Waals surface area contributed by atoms with Crippen LogP contribution < -0.4 is 5.32 Å². The van der Waals surface area contributed by atoms with E-state index in [1.54, 1.807) is 10.5 Å². The van der Waals surface area contributed by atoms with Crippen molar-refractivity contribution in [3.05, 3.63) is 35.6 Å². The number of benzene rings is 1. The minimum absolute atomic E-state index is 0.354. The van der Waals surface area contributed by atoms with Gasteiger partial charge in [-0.3, -0.25) is 4.40 Å². The largest absolute Gasteiger partial charge is 0.336 e. The Morgan fingerprint density at radius 2 is 2.05 bits per heavy atom. The van der Waals surface area contributed by atoms with E-state index in [-0.39, 0.29) is 0 Å². The van der Waals surface area contributed by atoms with Crippen molar-refractivity contribution in [2.45, 2.75) is 0 Å². The smallest absolute Gasteiger partial charge is 0.244 e. The number of fused-ring (bicyclic) bond motifs is 3. The molecule has 0 radical (unpaired) electrons. The van der Waals surface area contributed by atoms with Crippen LogP contribution in [0, 0.1) is 0 Å². The van der Waals surface area contributed by atoms with Crippen molar-refractivity contribution in [1.29, 1.82) is 0 Å². The maximum Gasteiger partial charge on any atom is 0.244 e. The molecule has 4 aromatic rings. The molecule has 1 N–H and O–H groups in total. The highest BCUT2D eigenvalue weighted by Gasteiger charge is 2.14. The van der Waals surface area contributed by atoms with Crippen molar-refractivity contribution in [2.24, 2.45) is 0 Å². The van der Waals surface area contributed by atoms with E-state index in [1.165, 1.54) is 6.33 Å². The molecule has 3 aromatic heterocycles. The van der Waals surface area contributed by atoms with Gasteiger partial charge in [0.2, 0.25) is 16.9 Å². The van der Waals surface area contributed by atoms with Crippen molar-refractivity contribution in [3.8, 4) is 0 Å². The summed E-state index contributed by atoms with van der Waals surface area (Å²) in [6.45, 7) is 0. The van der Waals surface area contributed by atoms with Crippen LogP contribution in [0.2, 0.25) is 5.02 Å². The third kappa shape index (κ3) is 1.58. The quantitative estimate of drug-likeness (QED) is 0.603. The number of nitrogens with one attached hydrogen (secondary N) is 1. The molecule has 0 atom stereocenters. The van der Waals surface area contributed by atoms with Gasteiger partial charge in [0.15, 0.2) is 5.82 Å². The van der Waals surface area contributed by atoms with Crippen molar-refractivity contribution >= 4 is 40.0 Å². The fourth-order valence-electron chi connectivity index (χ4n) is 1.88. The summed E-state index contributed by atoms with van der Waals surface area (Å²) >= 11 is 6.12. The van der Waals surface area contributed by atoms with Gasteiger partial charge < -0.3 is 5.32 Å². The molecule has 0 spiro atoms. The number of para-hydroxylation sites is 1. The van der Waals surface area contributed by atoms with Crippen LogP contribution in [0.5, 0.6) is 0 Å². The Morgan fingerprint density at radius 3 is 2.95 bits per heavy atom. The monoisotopic (exact) mass is 287 g/mol. The van der Waals surface area contributed by atoms with Crippen LogP contribution in [-0.4, -0.2) is 29.9 Å². The Balaban J connectivity index is 1.93. The molecule has 0 saturated carbocycles. The fourth-order valence-corrected chi connectivity index (χ4v) is 2.07. The molecule has 1 aromatic carbocycles. The Hall–Kier alpha value is -2.74. The van der Waals surface area contributed by atoms with Crippen molar-refractivity contribution in [1.82, 2.24) is 29.9 Å². The summed E-state index contributed by atoms with van der Waals surface area (Å²) < 4.78 is 6.32. The fraction of sp³-hybridized carbons (Fsp3) is 0. The lowest BCUT2D eigenvalue weighted by molar-refractivity contribution is 0.314. The first-order valence-electron chi connectivity index (χ1n) is 5.66. The van der Waals surface area contributed by atoms with Gasteiger partial charge in [-0.15, -0.1) is 10.2 Å². The minimum Gasteiger partial charge on any atom is -0.336 e. The average molecular weight is 288 g/mol. The Labute approximate surface area is 116 Å². The van der Waals surface area contributed by atoms with Gasteiger partial charge >= 0.3 is 0 Å². The van der Waals surface area contributed by atoms with E-state index in [0.29, 0.717) is 33.5 Å². The van der Waals surface area contributed by atoms with Crippen LogP contribution in [0.15, 0.2) is 35.2 Å². The lowest BCUT2D eigenvalue weighted by Crippen LogP contribution is -2.00. The number of aromatic nitrogens is 6. The van der Waals surface area contributed by atoms with Crippen LogP contribution in [0.1, 0.15) is 0 Å². The van der Waals surface area contributed by atoms with Crippen molar-refractivity contribution in [2.75, 3.05) is 5.32 Å². The van der Waals surface area contributed by atoms with Crippen LogP contribution in [0.3, 0.4) is 0 Å². The zero-order chi connectivity index (χ0) is 13.5. The zero-order valence-corrected chi connectivity index (χ0v) is 10.6. The molecule has 4 rings (SSSR count). The van der Waals surface area contributed by atoms with E-state index in [4.69, 9.17) is 11.6 Å². The van der Waals surface area contributed by atoms with E-state index >= 15 is 0 Å². The van der Waals surface area contributed by atoms with E-state index in [0.717, 1.165) is 0 Å². The molecule has 0 aliphatic carbocycles. The molecule has 0 bridgehead atoms. The number of halogens is 1. The van der Waals surface area contributed by atoms with Crippen LogP contribution in [-0.2, 0) is 0 Å². The summed E-state index contributed by atoms with van der Waals surface area (Å²) in [4.78, 5) is 4.31. The molecular formula is C11H6ClN7O. The Morgan fingerprint density at radius 1 is 1.15 bits per heavy atom. The zero-order valence-electron chi connectivity index (χ0n) is 9.86. The molecule has 0 aliphatic rings. The lowest BCUT2D eigenvalue weighted by Gasteiger charge is -2.07. The first-order valence-corrected chi connectivity index (χ1v) is 6.04. The van der Waals surface area contributed by atoms with Crippen molar-refractivity contribution in [3.63, 3.8) is 0 Å². The second-order valence-corrected chi connectivity index (χ2v) is 4.41. The van der Waals surface area contributed by atoms with Gasteiger partial charge in [-0.2, -0.15) is 0 Å². The first kappa shape index (κ1) is 11.1. The molecule has 0 fully saturated rings. The third-order valence-electron chi connectivity index (χ3n) is 2.79. The minimum atomic E-state index is 0.354. The predicted octanol–water partition coefficient (Wildman–Crippen LogP) is 2.06. The van der Waals surface area contributed by atoms with Gasteiger partial charge in [0.1, 0.15) is 6.33 Å². The van der Waals surface area contributed by atoms with Gasteiger partial charge in [0, 0.05) is 0 Å². The summed E-state index contributed by atoms with van der Waals surface area (Å²) in [5, 5.41) is 19.0. The summed E-state index contributed by atoms with van der Waals surface area (Å²) in [6.07, 6.45) is 1.52. The highest BCUT2D eigenvalue weighted by atomic mass is 35.5. The van der Waals surface area contributed by atoms with E-state index in [2.05, 4.69) is 35.4 Å². The van der Waals surface area contributed by atoms with Gasteiger partial charge in [-0.25, -0.2) is 9.61 Å². The van der Waals surface area contributed by atoms with Crippen LogP contribution in [0.25, 0.3) is 16.9 Å². The molecule has 0 amide bonds. The van der Waals surface area contributed by atoms with E-state index < -0.39 is 0 Å². The number of anilines is 2. The van der Waals surface area contributed by atoms with E-state index in [9.17, 15) is 0 Å². The van der Waals surface area contributed by atoms with Gasteiger partial charge in [0.25, 0.3) is 0 Å².